The second kappa shape index (κ2) is 9.67. The molecule has 158 valence electrons. The highest BCUT2D eigenvalue weighted by Gasteiger charge is 2.13. The molecule has 0 aliphatic carbocycles. The average molecular weight is 426 g/mol. The smallest absolute Gasteiger partial charge is 0.234 e. The van der Waals surface area contributed by atoms with Gasteiger partial charge < -0.3 is 15.9 Å². The molecule has 0 spiro atoms. The van der Waals surface area contributed by atoms with E-state index in [1.54, 1.807) is 0 Å². The van der Waals surface area contributed by atoms with Crippen LogP contribution in [-0.4, -0.2) is 26.5 Å². The lowest BCUT2D eigenvalue weighted by Gasteiger charge is -2.09. The summed E-state index contributed by atoms with van der Waals surface area (Å²) in [5, 5.41) is 11.5. The molecule has 2 aromatic carbocycles. The van der Waals surface area contributed by atoms with Crippen molar-refractivity contribution in [2.24, 2.45) is 0 Å². The van der Waals surface area contributed by atoms with Crippen molar-refractivity contribution in [2.45, 2.75) is 45.4 Å². The third-order valence-corrected chi connectivity index (χ3v) is 5.58. The number of anilines is 1. The molecule has 7 nitrogen and oxygen atoms in total. The summed E-state index contributed by atoms with van der Waals surface area (Å²) in [6.45, 7) is 8.47. The van der Waals surface area contributed by atoms with E-state index in [2.05, 4.69) is 29.4 Å². The van der Waals surface area contributed by atoms with Crippen molar-refractivity contribution in [3.63, 3.8) is 0 Å². The second-order valence-electron chi connectivity index (χ2n) is 7.44. The minimum Gasteiger partial charge on any atom is -0.486 e. The lowest BCUT2D eigenvalue weighted by molar-refractivity contribution is -0.113. The number of benzene rings is 2. The van der Waals surface area contributed by atoms with Crippen molar-refractivity contribution in [3.8, 4) is 5.75 Å². The van der Waals surface area contributed by atoms with Crippen molar-refractivity contribution in [2.75, 3.05) is 16.9 Å². The van der Waals surface area contributed by atoms with E-state index in [0.717, 1.165) is 22.6 Å². The van der Waals surface area contributed by atoms with Crippen molar-refractivity contribution < 1.29 is 9.53 Å². The van der Waals surface area contributed by atoms with Crippen LogP contribution in [0.15, 0.2) is 47.6 Å². The zero-order chi connectivity index (χ0) is 21.7. The van der Waals surface area contributed by atoms with Crippen LogP contribution in [-0.2, 0) is 11.4 Å². The van der Waals surface area contributed by atoms with Crippen LogP contribution >= 0.6 is 11.8 Å². The topological polar surface area (TPSA) is 95.1 Å². The van der Waals surface area contributed by atoms with E-state index < -0.39 is 0 Å². The summed E-state index contributed by atoms with van der Waals surface area (Å²) >= 11 is 1.23. The number of nitrogen functional groups attached to an aromatic ring is 1. The van der Waals surface area contributed by atoms with Gasteiger partial charge in [-0.2, -0.15) is 0 Å². The molecule has 30 heavy (non-hydrogen) atoms. The molecule has 0 unspecified atom stereocenters. The number of hydrogen-bond acceptors (Lipinski definition) is 6. The van der Waals surface area contributed by atoms with E-state index in [1.165, 1.54) is 22.0 Å². The molecule has 0 atom stereocenters. The fourth-order valence-corrected chi connectivity index (χ4v) is 3.55. The number of carbonyl (C=O) groups is 1. The first-order chi connectivity index (χ1) is 14.3. The van der Waals surface area contributed by atoms with Crippen molar-refractivity contribution in [3.05, 3.63) is 65.0 Å². The van der Waals surface area contributed by atoms with Gasteiger partial charge in [0.05, 0.1) is 5.75 Å². The molecule has 3 aromatic rings. The number of hydrogen-bond donors (Lipinski definition) is 2. The fourth-order valence-electron chi connectivity index (χ4n) is 2.87. The van der Waals surface area contributed by atoms with Crippen LogP contribution in [0.25, 0.3) is 0 Å². The molecule has 1 amide bonds. The summed E-state index contributed by atoms with van der Waals surface area (Å²) in [6.07, 6.45) is 0. The lowest BCUT2D eigenvalue weighted by atomic mass is 10.0. The number of nitrogens with zero attached hydrogens (tertiary/aromatic N) is 3. The first-order valence-corrected chi connectivity index (χ1v) is 10.7. The largest absolute Gasteiger partial charge is 0.486 e. The number of nitrogens with two attached hydrogens (primary N) is 1. The highest BCUT2D eigenvalue weighted by molar-refractivity contribution is 7.99. The normalized spacial score (nSPS) is 11.0. The molecule has 3 rings (SSSR count). The maximum Gasteiger partial charge on any atom is 0.234 e. The van der Waals surface area contributed by atoms with Gasteiger partial charge in [-0.25, -0.2) is 4.68 Å². The third kappa shape index (κ3) is 5.54. The number of ether oxygens (including phenoxy) is 1. The van der Waals surface area contributed by atoms with E-state index in [4.69, 9.17) is 10.6 Å². The molecule has 0 saturated carbocycles. The predicted octanol–water partition coefficient (Wildman–Crippen LogP) is 4.04. The highest BCUT2D eigenvalue weighted by Crippen LogP contribution is 2.21. The quantitative estimate of drug-likeness (QED) is 0.418. The molecular weight excluding hydrogens is 398 g/mol. The summed E-state index contributed by atoms with van der Waals surface area (Å²) in [4.78, 5) is 12.3. The van der Waals surface area contributed by atoms with E-state index in [9.17, 15) is 4.79 Å². The van der Waals surface area contributed by atoms with Crippen LogP contribution in [0.3, 0.4) is 0 Å². The Labute approximate surface area is 181 Å². The molecular formula is C22H27N5O2S. The fraction of sp³-hybridized carbons (Fsp3) is 0.318. The van der Waals surface area contributed by atoms with Crippen LogP contribution in [0.2, 0.25) is 0 Å². The highest BCUT2D eigenvalue weighted by atomic mass is 32.2. The first kappa shape index (κ1) is 21.7. The second-order valence-corrected chi connectivity index (χ2v) is 8.38. The van der Waals surface area contributed by atoms with Crippen LogP contribution in [0.4, 0.5) is 5.69 Å². The number of rotatable bonds is 8. The number of aromatic nitrogens is 3. The maximum atomic E-state index is 12.3. The van der Waals surface area contributed by atoms with Gasteiger partial charge in [-0.3, -0.25) is 4.79 Å². The monoisotopic (exact) mass is 425 g/mol. The summed E-state index contributed by atoms with van der Waals surface area (Å²) < 4.78 is 7.12. The van der Waals surface area contributed by atoms with E-state index >= 15 is 0 Å². The number of nitrogens with one attached hydrogen (secondary N) is 1. The molecule has 0 saturated heterocycles. The van der Waals surface area contributed by atoms with Crippen LogP contribution < -0.4 is 15.9 Å². The Balaban J connectivity index is 1.52. The van der Waals surface area contributed by atoms with E-state index in [1.807, 2.05) is 56.3 Å². The summed E-state index contributed by atoms with van der Waals surface area (Å²) in [7, 11) is 0. The standard InChI is InChI=1S/C22H27N5O2S/c1-14(2)17-6-8-18(9-7-17)29-12-20-25-26-22(27(20)23)30-13-21(28)24-19-10-5-15(3)11-16(19)4/h5-11,14H,12-13,23H2,1-4H3,(H,24,28). The zero-order valence-corrected chi connectivity index (χ0v) is 18.5. The zero-order valence-electron chi connectivity index (χ0n) is 17.7. The Morgan fingerprint density at radius 2 is 1.90 bits per heavy atom. The molecule has 0 aliphatic rings. The molecule has 1 heterocycles. The van der Waals surface area contributed by atoms with Crippen molar-refractivity contribution in [1.29, 1.82) is 0 Å². The van der Waals surface area contributed by atoms with Gasteiger partial charge in [0.25, 0.3) is 0 Å². The Morgan fingerprint density at radius 3 is 2.57 bits per heavy atom. The van der Waals surface area contributed by atoms with E-state index in [-0.39, 0.29) is 18.3 Å². The van der Waals surface area contributed by atoms with Gasteiger partial charge in [0.15, 0.2) is 5.82 Å². The Kier molecular flexibility index (Phi) is 6.99. The van der Waals surface area contributed by atoms with Gasteiger partial charge in [-0.1, -0.05) is 55.4 Å². The molecule has 0 fully saturated rings. The maximum absolute atomic E-state index is 12.3. The SMILES string of the molecule is Cc1ccc(NC(=O)CSc2nnc(COc3ccc(C(C)C)cc3)n2N)c(C)c1. The minimum absolute atomic E-state index is 0.127. The van der Waals surface area contributed by atoms with Gasteiger partial charge >= 0.3 is 0 Å². The molecule has 1 aromatic heterocycles. The van der Waals surface area contributed by atoms with Crippen molar-refractivity contribution >= 4 is 23.4 Å². The van der Waals surface area contributed by atoms with Crippen molar-refractivity contribution in [1.82, 2.24) is 14.9 Å². The molecule has 0 aliphatic heterocycles. The Hall–Kier alpha value is -3.00. The van der Waals surface area contributed by atoms with E-state index in [0.29, 0.717) is 16.9 Å². The van der Waals surface area contributed by atoms with Gasteiger partial charge in [-0.05, 0) is 49.1 Å². The Morgan fingerprint density at radius 1 is 1.17 bits per heavy atom. The molecule has 8 heteroatoms. The molecule has 0 bridgehead atoms. The Bertz CT molecular complexity index is 1010. The average Bonchev–Trinajstić information content (AvgIpc) is 3.07. The van der Waals surface area contributed by atoms with Crippen LogP contribution in [0.5, 0.6) is 5.75 Å². The first-order valence-electron chi connectivity index (χ1n) is 9.75. The predicted molar refractivity (Wildman–Crippen MR) is 120 cm³/mol. The van der Waals surface area contributed by atoms with Gasteiger partial charge in [0.1, 0.15) is 12.4 Å². The molecule has 3 N–H and O–H groups in total. The van der Waals surface area contributed by atoms with Gasteiger partial charge in [0.2, 0.25) is 11.1 Å². The summed E-state index contributed by atoms with van der Waals surface area (Å²) in [5.74, 6) is 7.82. The number of thioether (sulfide) groups is 1. The van der Waals surface area contributed by atoms with Crippen LogP contribution in [0.1, 0.15) is 42.3 Å². The van der Waals surface area contributed by atoms with Gasteiger partial charge in [-0.15, -0.1) is 10.2 Å². The lowest BCUT2D eigenvalue weighted by Crippen LogP contribution is -2.18. The number of aryl methyl sites for hydroxylation is 2. The van der Waals surface area contributed by atoms with Crippen LogP contribution in [0, 0.1) is 13.8 Å². The molecule has 0 radical (unpaired) electrons. The summed E-state index contributed by atoms with van der Waals surface area (Å²) in [6, 6.07) is 13.9. The number of carbonyl (C=O) groups excluding carboxylic acids is 1. The van der Waals surface area contributed by atoms with Gasteiger partial charge in [0, 0.05) is 5.69 Å². The number of amides is 1. The minimum atomic E-state index is -0.127. The third-order valence-electron chi connectivity index (χ3n) is 4.64. The summed E-state index contributed by atoms with van der Waals surface area (Å²) in [5.41, 5.74) is 4.23.